The van der Waals surface area contributed by atoms with E-state index in [4.69, 9.17) is 4.42 Å². The number of hydrogen-bond donors (Lipinski definition) is 1. The zero-order valence-corrected chi connectivity index (χ0v) is 16.1. The van der Waals surface area contributed by atoms with Crippen LogP contribution in [0.15, 0.2) is 21.9 Å². The van der Waals surface area contributed by atoms with Gasteiger partial charge in [0.05, 0.1) is 17.6 Å². The van der Waals surface area contributed by atoms with Crippen LogP contribution in [0.3, 0.4) is 0 Å². The molecule has 25 heavy (non-hydrogen) atoms. The van der Waals surface area contributed by atoms with Crippen molar-refractivity contribution in [1.29, 1.82) is 0 Å². The van der Waals surface area contributed by atoms with Gasteiger partial charge in [-0.25, -0.2) is 0 Å². The third kappa shape index (κ3) is 3.92. The second kappa shape index (κ2) is 7.64. The topological polar surface area (TPSA) is 72.9 Å². The Morgan fingerprint density at radius 1 is 1.40 bits per heavy atom. The first-order valence-corrected chi connectivity index (χ1v) is 9.82. The van der Waals surface area contributed by atoms with Crippen molar-refractivity contribution in [3.63, 3.8) is 0 Å². The van der Waals surface area contributed by atoms with Gasteiger partial charge in [-0.1, -0.05) is 38.5 Å². The van der Waals surface area contributed by atoms with Gasteiger partial charge in [-0.3, -0.25) is 4.79 Å². The number of amides is 1. The minimum Gasteiger partial charge on any atom is -0.469 e. The van der Waals surface area contributed by atoms with Crippen molar-refractivity contribution in [3.8, 4) is 11.4 Å². The smallest absolute Gasteiger partial charge is 0.230 e. The zero-order chi connectivity index (χ0) is 18.0. The molecule has 1 amide bonds. The average Bonchev–Trinajstić information content (AvgIpc) is 3.15. The molecule has 1 aliphatic rings. The summed E-state index contributed by atoms with van der Waals surface area (Å²) >= 11 is 1.42. The maximum atomic E-state index is 12.3. The van der Waals surface area contributed by atoms with Crippen LogP contribution < -0.4 is 5.32 Å². The van der Waals surface area contributed by atoms with Crippen molar-refractivity contribution >= 4 is 17.7 Å². The lowest BCUT2D eigenvalue weighted by Gasteiger charge is -2.34. The van der Waals surface area contributed by atoms with Gasteiger partial charge in [-0.2, -0.15) is 0 Å². The maximum absolute atomic E-state index is 12.3. The number of thioether (sulfide) groups is 1. The van der Waals surface area contributed by atoms with Crippen molar-refractivity contribution in [2.24, 2.45) is 18.9 Å². The predicted octanol–water partition coefficient (Wildman–Crippen LogP) is 3.42. The van der Waals surface area contributed by atoms with Crippen LogP contribution in [0.25, 0.3) is 11.4 Å². The molecule has 1 N–H and O–H groups in total. The largest absolute Gasteiger partial charge is 0.469 e. The molecular formula is C18H26N4O2S. The molecule has 6 nitrogen and oxygen atoms in total. The van der Waals surface area contributed by atoms with Gasteiger partial charge in [0.15, 0.2) is 11.0 Å². The van der Waals surface area contributed by atoms with E-state index in [-0.39, 0.29) is 5.91 Å². The predicted molar refractivity (Wildman–Crippen MR) is 98.3 cm³/mol. The minimum atomic E-state index is 0.0694. The van der Waals surface area contributed by atoms with Gasteiger partial charge in [-0.05, 0) is 31.2 Å². The second-order valence-electron chi connectivity index (χ2n) is 6.99. The van der Waals surface area contributed by atoms with Crippen molar-refractivity contribution in [3.05, 3.63) is 18.1 Å². The van der Waals surface area contributed by atoms with Crippen molar-refractivity contribution in [2.45, 2.75) is 51.2 Å². The normalized spacial score (nSPS) is 23.6. The quantitative estimate of drug-likeness (QED) is 0.825. The van der Waals surface area contributed by atoms with E-state index >= 15 is 0 Å². The lowest BCUT2D eigenvalue weighted by Crippen LogP contribution is -2.44. The molecule has 0 saturated heterocycles. The summed E-state index contributed by atoms with van der Waals surface area (Å²) in [7, 11) is 1.91. The van der Waals surface area contributed by atoms with Crippen molar-refractivity contribution < 1.29 is 9.21 Å². The number of nitrogens with one attached hydrogen (secondary N) is 1. The van der Waals surface area contributed by atoms with Gasteiger partial charge in [0.25, 0.3) is 0 Å². The van der Waals surface area contributed by atoms with E-state index in [0.29, 0.717) is 23.6 Å². The van der Waals surface area contributed by atoms with Gasteiger partial charge in [0, 0.05) is 13.1 Å². The summed E-state index contributed by atoms with van der Waals surface area (Å²) in [5, 5.41) is 12.4. The number of rotatable bonds is 5. The monoisotopic (exact) mass is 362 g/mol. The zero-order valence-electron chi connectivity index (χ0n) is 15.3. The summed E-state index contributed by atoms with van der Waals surface area (Å²) in [6.45, 7) is 6.41. The molecule has 0 bridgehead atoms. The van der Waals surface area contributed by atoms with Gasteiger partial charge >= 0.3 is 0 Å². The molecule has 2 aromatic rings. The summed E-state index contributed by atoms with van der Waals surface area (Å²) in [6, 6.07) is 2.17. The van der Waals surface area contributed by atoms with Crippen LogP contribution >= 0.6 is 11.8 Å². The van der Waals surface area contributed by atoms with E-state index < -0.39 is 0 Å². The van der Waals surface area contributed by atoms with E-state index in [1.54, 1.807) is 6.26 Å². The third-order valence-electron chi connectivity index (χ3n) is 5.32. The molecule has 2 aromatic heterocycles. The highest BCUT2D eigenvalue weighted by molar-refractivity contribution is 7.99. The molecule has 0 aromatic carbocycles. The van der Waals surface area contributed by atoms with E-state index in [0.717, 1.165) is 28.7 Å². The number of carbonyl (C=O) groups is 1. The highest BCUT2D eigenvalue weighted by Gasteiger charge is 2.28. The fourth-order valence-electron chi connectivity index (χ4n) is 3.46. The van der Waals surface area contributed by atoms with E-state index in [2.05, 4.69) is 29.4 Å². The molecule has 3 rings (SSSR count). The molecular weight excluding hydrogens is 336 g/mol. The second-order valence-corrected chi connectivity index (χ2v) is 7.93. The summed E-state index contributed by atoms with van der Waals surface area (Å²) in [5.74, 6) is 3.20. The Balaban J connectivity index is 1.58. The first-order valence-electron chi connectivity index (χ1n) is 8.83. The SMILES string of the molecule is Cc1occc1-c1nnc(SCC(=O)N[C@@H]2CCC[C@H](C)[C@@H]2C)n1C. The molecule has 3 atom stereocenters. The minimum absolute atomic E-state index is 0.0694. The lowest BCUT2D eigenvalue weighted by atomic mass is 9.78. The average molecular weight is 362 g/mol. The molecule has 0 unspecified atom stereocenters. The molecule has 7 heteroatoms. The molecule has 1 fully saturated rings. The molecule has 1 aliphatic carbocycles. The van der Waals surface area contributed by atoms with E-state index in [1.807, 2.05) is 24.6 Å². The lowest BCUT2D eigenvalue weighted by molar-refractivity contribution is -0.120. The molecule has 0 spiro atoms. The maximum Gasteiger partial charge on any atom is 0.230 e. The first-order chi connectivity index (χ1) is 12.0. The van der Waals surface area contributed by atoms with Crippen molar-refractivity contribution in [1.82, 2.24) is 20.1 Å². The number of furan rings is 1. The Kier molecular flexibility index (Phi) is 5.51. The summed E-state index contributed by atoms with van der Waals surface area (Å²) in [5.41, 5.74) is 0.927. The van der Waals surface area contributed by atoms with Crippen LogP contribution in [0.2, 0.25) is 0 Å². The molecule has 136 valence electrons. The fraction of sp³-hybridized carbons (Fsp3) is 0.611. The Hall–Kier alpha value is -1.76. The highest BCUT2D eigenvalue weighted by Crippen LogP contribution is 2.30. The molecule has 2 heterocycles. The Labute approximate surface area is 152 Å². The molecule has 0 radical (unpaired) electrons. The third-order valence-corrected chi connectivity index (χ3v) is 6.34. The fourth-order valence-corrected chi connectivity index (χ4v) is 4.18. The molecule has 1 saturated carbocycles. The van der Waals surface area contributed by atoms with Crippen LogP contribution in [-0.2, 0) is 11.8 Å². The van der Waals surface area contributed by atoms with Crippen LogP contribution in [0.4, 0.5) is 0 Å². The number of aromatic nitrogens is 3. The summed E-state index contributed by atoms with van der Waals surface area (Å²) in [6.07, 6.45) is 5.18. The Morgan fingerprint density at radius 3 is 2.92 bits per heavy atom. The Bertz CT molecular complexity index is 739. The number of hydrogen-bond acceptors (Lipinski definition) is 5. The number of nitrogens with zero attached hydrogens (tertiary/aromatic N) is 3. The highest BCUT2D eigenvalue weighted by atomic mass is 32.2. The summed E-state index contributed by atoms with van der Waals surface area (Å²) in [4.78, 5) is 12.3. The number of carbonyl (C=O) groups excluding carboxylic acids is 1. The standard InChI is InChI=1S/C18H26N4O2S/c1-11-6-5-7-15(12(11)2)19-16(23)10-25-18-21-20-17(22(18)4)14-8-9-24-13(14)3/h8-9,11-12,15H,5-7,10H2,1-4H3,(H,19,23)/t11-,12-,15+/m0/s1. The first kappa shape index (κ1) is 18.0. The van der Waals surface area contributed by atoms with E-state index in [1.165, 1.54) is 24.6 Å². The van der Waals surface area contributed by atoms with E-state index in [9.17, 15) is 4.79 Å². The van der Waals surface area contributed by atoms with Crippen LogP contribution in [0.1, 0.15) is 38.9 Å². The van der Waals surface area contributed by atoms with Gasteiger partial charge < -0.3 is 14.3 Å². The van der Waals surface area contributed by atoms with Crippen LogP contribution in [0.5, 0.6) is 0 Å². The summed E-state index contributed by atoms with van der Waals surface area (Å²) < 4.78 is 7.24. The Morgan fingerprint density at radius 2 is 2.20 bits per heavy atom. The van der Waals surface area contributed by atoms with Gasteiger partial charge in [0.1, 0.15) is 5.76 Å². The number of aryl methyl sites for hydroxylation is 1. The molecule has 0 aliphatic heterocycles. The van der Waals surface area contributed by atoms with Gasteiger partial charge in [0.2, 0.25) is 5.91 Å². The van der Waals surface area contributed by atoms with Crippen LogP contribution in [0, 0.1) is 18.8 Å². The van der Waals surface area contributed by atoms with Crippen molar-refractivity contribution in [2.75, 3.05) is 5.75 Å². The van der Waals surface area contributed by atoms with Crippen LogP contribution in [-0.4, -0.2) is 32.5 Å². The van der Waals surface area contributed by atoms with Gasteiger partial charge in [-0.15, -0.1) is 10.2 Å².